The summed E-state index contributed by atoms with van der Waals surface area (Å²) in [5, 5.41) is 3.42. The number of hydrogen-bond donors (Lipinski definition) is 1. The molecule has 1 aromatic carbocycles. The summed E-state index contributed by atoms with van der Waals surface area (Å²) < 4.78 is 4.81. The number of carbonyl (C=O) groups excluding carboxylic acids is 1. The van der Waals surface area contributed by atoms with E-state index < -0.39 is 0 Å². The van der Waals surface area contributed by atoms with Gasteiger partial charge in [-0.25, -0.2) is 4.79 Å². The standard InChI is InChI=1S/C16H25N3O2/c1-18-9-11-19(12-10-18)8-7-17-13-14-5-3-4-6-15(14)16(20)21-2/h3-6,17H,7-13H2,1-2H3. The van der Waals surface area contributed by atoms with E-state index in [4.69, 9.17) is 4.74 Å². The van der Waals surface area contributed by atoms with Gasteiger partial charge in [-0.05, 0) is 18.7 Å². The Bertz CT molecular complexity index is 457. The SMILES string of the molecule is COC(=O)c1ccccc1CNCCN1CCN(C)CC1. The zero-order valence-corrected chi connectivity index (χ0v) is 13.0. The van der Waals surface area contributed by atoms with E-state index in [0.29, 0.717) is 12.1 Å². The fraction of sp³-hybridized carbons (Fsp3) is 0.562. The molecule has 0 spiro atoms. The lowest BCUT2D eigenvalue weighted by atomic mass is 10.1. The van der Waals surface area contributed by atoms with Crippen LogP contribution >= 0.6 is 0 Å². The molecular weight excluding hydrogens is 266 g/mol. The van der Waals surface area contributed by atoms with E-state index in [-0.39, 0.29) is 5.97 Å². The van der Waals surface area contributed by atoms with Gasteiger partial charge in [0.15, 0.2) is 0 Å². The van der Waals surface area contributed by atoms with Crippen LogP contribution in [0.4, 0.5) is 0 Å². The number of methoxy groups -OCH3 is 1. The number of nitrogens with zero attached hydrogens (tertiary/aromatic N) is 2. The first-order valence-electron chi connectivity index (χ1n) is 7.48. The molecule has 1 saturated heterocycles. The predicted molar refractivity (Wildman–Crippen MR) is 83.4 cm³/mol. The molecule has 5 heteroatoms. The third-order valence-electron chi connectivity index (χ3n) is 3.94. The number of ether oxygens (including phenoxy) is 1. The number of likely N-dealkylation sites (N-methyl/N-ethyl adjacent to an activating group) is 1. The fourth-order valence-electron chi connectivity index (χ4n) is 2.52. The Balaban J connectivity index is 1.75. The Kier molecular flexibility index (Phi) is 6.17. The summed E-state index contributed by atoms with van der Waals surface area (Å²) in [6.07, 6.45) is 0. The lowest BCUT2D eigenvalue weighted by molar-refractivity contribution is 0.0599. The zero-order chi connectivity index (χ0) is 15.1. The minimum absolute atomic E-state index is 0.272. The third-order valence-corrected chi connectivity index (χ3v) is 3.94. The molecule has 1 aliphatic rings. The van der Waals surface area contributed by atoms with Crippen LogP contribution in [0.1, 0.15) is 15.9 Å². The molecule has 5 nitrogen and oxygen atoms in total. The normalized spacial score (nSPS) is 16.9. The second kappa shape index (κ2) is 8.12. The molecule has 0 radical (unpaired) electrons. The van der Waals surface area contributed by atoms with Crippen LogP contribution < -0.4 is 5.32 Å². The zero-order valence-electron chi connectivity index (χ0n) is 13.0. The molecule has 1 aromatic rings. The van der Waals surface area contributed by atoms with Gasteiger partial charge in [0, 0.05) is 45.8 Å². The Morgan fingerprint density at radius 1 is 1.24 bits per heavy atom. The van der Waals surface area contributed by atoms with Crippen molar-refractivity contribution in [3.8, 4) is 0 Å². The van der Waals surface area contributed by atoms with Crippen LogP contribution in [0.15, 0.2) is 24.3 Å². The van der Waals surface area contributed by atoms with Crippen molar-refractivity contribution in [1.29, 1.82) is 0 Å². The average Bonchev–Trinajstić information content (AvgIpc) is 2.53. The van der Waals surface area contributed by atoms with Gasteiger partial charge in [-0.3, -0.25) is 4.90 Å². The summed E-state index contributed by atoms with van der Waals surface area (Å²) in [4.78, 5) is 16.5. The van der Waals surface area contributed by atoms with Crippen molar-refractivity contribution < 1.29 is 9.53 Å². The maximum Gasteiger partial charge on any atom is 0.338 e. The monoisotopic (exact) mass is 291 g/mol. The molecule has 116 valence electrons. The van der Waals surface area contributed by atoms with Crippen LogP contribution in [0, 0.1) is 0 Å². The van der Waals surface area contributed by atoms with Crippen molar-refractivity contribution in [1.82, 2.24) is 15.1 Å². The highest BCUT2D eigenvalue weighted by atomic mass is 16.5. The number of esters is 1. The van der Waals surface area contributed by atoms with Crippen LogP contribution in [0.25, 0.3) is 0 Å². The number of nitrogens with one attached hydrogen (secondary N) is 1. The van der Waals surface area contributed by atoms with E-state index in [9.17, 15) is 4.79 Å². The van der Waals surface area contributed by atoms with Crippen LogP contribution in [0.2, 0.25) is 0 Å². The predicted octanol–water partition coefficient (Wildman–Crippen LogP) is 0.810. The fourth-order valence-corrected chi connectivity index (χ4v) is 2.52. The quantitative estimate of drug-likeness (QED) is 0.621. The van der Waals surface area contributed by atoms with Crippen molar-refractivity contribution in [2.45, 2.75) is 6.54 Å². The molecule has 0 aromatic heterocycles. The highest BCUT2D eigenvalue weighted by molar-refractivity contribution is 5.90. The van der Waals surface area contributed by atoms with Gasteiger partial charge in [-0.2, -0.15) is 0 Å². The lowest BCUT2D eigenvalue weighted by Gasteiger charge is -2.32. The lowest BCUT2D eigenvalue weighted by Crippen LogP contribution is -2.46. The first-order chi connectivity index (χ1) is 10.2. The number of hydrogen-bond acceptors (Lipinski definition) is 5. The van der Waals surface area contributed by atoms with Gasteiger partial charge in [-0.1, -0.05) is 18.2 Å². The van der Waals surface area contributed by atoms with E-state index in [1.165, 1.54) is 7.11 Å². The first-order valence-corrected chi connectivity index (χ1v) is 7.48. The van der Waals surface area contributed by atoms with E-state index in [1.54, 1.807) is 0 Å². The van der Waals surface area contributed by atoms with Crippen molar-refractivity contribution >= 4 is 5.97 Å². The molecule has 1 aliphatic heterocycles. The molecule has 1 fully saturated rings. The van der Waals surface area contributed by atoms with Crippen LogP contribution in [-0.4, -0.2) is 69.2 Å². The minimum Gasteiger partial charge on any atom is -0.465 e. The molecule has 0 saturated carbocycles. The molecule has 2 rings (SSSR count). The molecule has 0 amide bonds. The Morgan fingerprint density at radius 3 is 2.67 bits per heavy atom. The summed E-state index contributed by atoms with van der Waals surface area (Å²) in [5.41, 5.74) is 1.63. The largest absolute Gasteiger partial charge is 0.465 e. The summed E-state index contributed by atoms with van der Waals surface area (Å²) >= 11 is 0. The van der Waals surface area contributed by atoms with Crippen LogP contribution in [0.5, 0.6) is 0 Å². The van der Waals surface area contributed by atoms with Gasteiger partial charge in [0.25, 0.3) is 0 Å². The summed E-state index contributed by atoms with van der Waals surface area (Å²) in [6.45, 7) is 7.23. The molecule has 0 atom stereocenters. The van der Waals surface area contributed by atoms with Crippen molar-refractivity contribution in [3.05, 3.63) is 35.4 Å². The van der Waals surface area contributed by atoms with Gasteiger partial charge in [-0.15, -0.1) is 0 Å². The summed E-state index contributed by atoms with van der Waals surface area (Å²) in [6, 6.07) is 7.59. The average molecular weight is 291 g/mol. The maximum absolute atomic E-state index is 11.7. The minimum atomic E-state index is -0.272. The molecule has 1 heterocycles. The Hall–Kier alpha value is -1.43. The number of benzene rings is 1. The third kappa shape index (κ3) is 4.81. The second-order valence-corrected chi connectivity index (χ2v) is 5.47. The number of carbonyl (C=O) groups is 1. The van der Waals surface area contributed by atoms with Crippen molar-refractivity contribution in [2.24, 2.45) is 0 Å². The number of piperazine rings is 1. The van der Waals surface area contributed by atoms with E-state index >= 15 is 0 Å². The topological polar surface area (TPSA) is 44.8 Å². The maximum atomic E-state index is 11.7. The number of rotatable bonds is 6. The van der Waals surface area contributed by atoms with Gasteiger partial charge >= 0.3 is 5.97 Å². The molecule has 0 unspecified atom stereocenters. The van der Waals surface area contributed by atoms with Gasteiger partial charge in [0.05, 0.1) is 12.7 Å². The molecule has 0 aliphatic carbocycles. The summed E-state index contributed by atoms with van der Waals surface area (Å²) in [5.74, 6) is -0.272. The van der Waals surface area contributed by atoms with Gasteiger partial charge < -0.3 is 15.0 Å². The van der Waals surface area contributed by atoms with E-state index in [1.807, 2.05) is 24.3 Å². The van der Waals surface area contributed by atoms with Crippen molar-refractivity contribution in [3.63, 3.8) is 0 Å². The Labute approximate surface area is 126 Å². The highest BCUT2D eigenvalue weighted by Crippen LogP contribution is 2.09. The van der Waals surface area contributed by atoms with Crippen LogP contribution in [0.3, 0.4) is 0 Å². The molecule has 1 N–H and O–H groups in total. The Morgan fingerprint density at radius 2 is 1.95 bits per heavy atom. The van der Waals surface area contributed by atoms with Crippen LogP contribution in [-0.2, 0) is 11.3 Å². The molecule has 21 heavy (non-hydrogen) atoms. The van der Waals surface area contributed by atoms with Gasteiger partial charge in [0.1, 0.15) is 0 Å². The summed E-state index contributed by atoms with van der Waals surface area (Å²) in [7, 11) is 3.58. The van der Waals surface area contributed by atoms with Crippen molar-refractivity contribution in [2.75, 3.05) is 53.4 Å². The molecule has 0 bridgehead atoms. The van der Waals surface area contributed by atoms with E-state index in [2.05, 4.69) is 22.2 Å². The second-order valence-electron chi connectivity index (χ2n) is 5.47. The van der Waals surface area contributed by atoms with E-state index in [0.717, 1.165) is 44.8 Å². The molecular formula is C16H25N3O2. The van der Waals surface area contributed by atoms with Gasteiger partial charge in [0.2, 0.25) is 0 Å². The smallest absolute Gasteiger partial charge is 0.338 e. The first kappa shape index (κ1) is 15.9. The highest BCUT2D eigenvalue weighted by Gasteiger charge is 2.13.